The van der Waals surface area contributed by atoms with Crippen LogP contribution in [0.25, 0.3) is 0 Å². The van der Waals surface area contributed by atoms with Crippen LogP contribution in [0.3, 0.4) is 0 Å². The lowest BCUT2D eigenvalue weighted by Crippen LogP contribution is -2.24. The Balaban J connectivity index is 2.60. The molecule has 1 unspecified atom stereocenters. The molecule has 0 bridgehead atoms. The van der Waals surface area contributed by atoms with E-state index in [4.69, 9.17) is 0 Å². The van der Waals surface area contributed by atoms with Gasteiger partial charge in [0.15, 0.2) is 9.84 Å². The number of rotatable bonds is 6. The van der Waals surface area contributed by atoms with Crippen LogP contribution >= 0.6 is 11.3 Å². The van der Waals surface area contributed by atoms with Crippen LogP contribution in [0, 0.1) is 0 Å². The van der Waals surface area contributed by atoms with Gasteiger partial charge < -0.3 is 5.32 Å². The molecular formula is C10H19N3O2S2. The maximum absolute atomic E-state index is 11.4. The van der Waals surface area contributed by atoms with E-state index in [-0.39, 0.29) is 0 Å². The average Bonchev–Trinajstić information content (AvgIpc) is 2.63. The van der Waals surface area contributed by atoms with Gasteiger partial charge in [0.05, 0.1) is 0 Å². The van der Waals surface area contributed by atoms with E-state index in [0.29, 0.717) is 11.0 Å². The van der Waals surface area contributed by atoms with Gasteiger partial charge in [0.25, 0.3) is 0 Å². The third-order valence-corrected chi connectivity index (χ3v) is 5.19. The zero-order valence-electron chi connectivity index (χ0n) is 10.6. The lowest BCUT2D eigenvalue weighted by molar-refractivity contribution is 0.587. The Labute approximate surface area is 107 Å². The molecule has 0 saturated carbocycles. The second-order valence-electron chi connectivity index (χ2n) is 4.36. The average molecular weight is 277 g/mol. The molecule has 0 aliphatic heterocycles. The van der Waals surface area contributed by atoms with Crippen LogP contribution in [0.2, 0.25) is 0 Å². The van der Waals surface area contributed by atoms with Gasteiger partial charge in [-0.15, -0.1) is 21.5 Å². The molecule has 98 valence electrons. The summed E-state index contributed by atoms with van der Waals surface area (Å²) in [5, 5.41) is 12.1. The quantitative estimate of drug-likeness (QED) is 0.845. The topological polar surface area (TPSA) is 72.0 Å². The fourth-order valence-electron chi connectivity index (χ4n) is 1.18. The van der Waals surface area contributed by atoms with E-state index in [1.54, 1.807) is 6.92 Å². The van der Waals surface area contributed by atoms with E-state index < -0.39 is 15.1 Å². The SMILES string of the molecule is CC(C)NCCc1nnc(C(C)S(C)(=O)=O)s1. The molecule has 0 aliphatic rings. The van der Waals surface area contributed by atoms with Gasteiger partial charge in [-0.1, -0.05) is 13.8 Å². The molecule has 17 heavy (non-hydrogen) atoms. The van der Waals surface area contributed by atoms with Crippen molar-refractivity contribution in [2.24, 2.45) is 0 Å². The van der Waals surface area contributed by atoms with Crippen LogP contribution in [0.4, 0.5) is 0 Å². The zero-order valence-corrected chi connectivity index (χ0v) is 12.2. The lowest BCUT2D eigenvalue weighted by atomic mass is 10.3. The summed E-state index contributed by atoms with van der Waals surface area (Å²) >= 11 is 1.38. The number of nitrogens with one attached hydrogen (secondary N) is 1. The second-order valence-corrected chi connectivity index (χ2v) is 7.82. The number of hydrogen-bond donors (Lipinski definition) is 1. The van der Waals surface area contributed by atoms with Crippen molar-refractivity contribution in [3.05, 3.63) is 10.0 Å². The largest absolute Gasteiger partial charge is 0.314 e. The molecule has 0 aromatic carbocycles. The van der Waals surface area contributed by atoms with Gasteiger partial charge in [0, 0.05) is 25.3 Å². The normalized spacial score (nSPS) is 14.2. The third kappa shape index (κ3) is 4.69. The first kappa shape index (κ1) is 14.5. The van der Waals surface area contributed by atoms with E-state index >= 15 is 0 Å². The smallest absolute Gasteiger partial charge is 0.156 e. The highest BCUT2D eigenvalue weighted by Gasteiger charge is 2.21. The van der Waals surface area contributed by atoms with Gasteiger partial charge in [-0.25, -0.2) is 8.42 Å². The van der Waals surface area contributed by atoms with Gasteiger partial charge in [-0.05, 0) is 6.92 Å². The second kappa shape index (κ2) is 5.88. The predicted molar refractivity (Wildman–Crippen MR) is 70.0 cm³/mol. The molecule has 1 aromatic heterocycles. The lowest BCUT2D eigenvalue weighted by Gasteiger charge is -2.05. The molecule has 1 aromatic rings. The fourth-order valence-corrected chi connectivity index (χ4v) is 3.04. The highest BCUT2D eigenvalue weighted by molar-refractivity contribution is 7.91. The molecule has 1 atom stereocenters. The molecular weight excluding hydrogens is 258 g/mol. The predicted octanol–water partition coefficient (Wildman–Crippen LogP) is 1.18. The standard InChI is InChI=1S/C10H19N3O2S2/c1-7(2)11-6-5-9-12-13-10(16-9)8(3)17(4,14)15/h7-8,11H,5-6H2,1-4H3. The van der Waals surface area contributed by atoms with Crippen molar-refractivity contribution >= 4 is 21.2 Å². The molecule has 5 nitrogen and oxygen atoms in total. The van der Waals surface area contributed by atoms with Crippen molar-refractivity contribution < 1.29 is 8.42 Å². The summed E-state index contributed by atoms with van der Waals surface area (Å²) in [6, 6.07) is 0.442. The van der Waals surface area contributed by atoms with E-state index in [9.17, 15) is 8.42 Å². The molecule has 1 N–H and O–H groups in total. The van der Waals surface area contributed by atoms with Gasteiger partial charge >= 0.3 is 0 Å². The molecule has 7 heteroatoms. The highest BCUT2D eigenvalue weighted by Crippen LogP contribution is 2.24. The van der Waals surface area contributed by atoms with Crippen molar-refractivity contribution in [1.82, 2.24) is 15.5 Å². The Kier molecular flexibility index (Phi) is 5.03. The van der Waals surface area contributed by atoms with Crippen LogP contribution in [-0.2, 0) is 16.3 Å². The summed E-state index contributed by atoms with van der Waals surface area (Å²) in [6.07, 6.45) is 2.01. The van der Waals surface area contributed by atoms with Crippen molar-refractivity contribution in [1.29, 1.82) is 0 Å². The molecule has 0 amide bonds. The van der Waals surface area contributed by atoms with Crippen LogP contribution in [-0.4, -0.2) is 37.5 Å². The first-order valence-electron chi connectivity index (χ1n) is 5.55. The minimum atomic E-state index is -3.08. The van der Waals surface area contributed by atoms with Crippen molar-refractivity contribution in [3.63, 3.8) is 0 Å². The van der Waals surface area contributed by atoms with Gasteiger partial charge in [0.2, 0.25) is 0 Å². The summed E-state index contributed by atoms with van der Waals surface area (Å²) in [5.74, 6) is 0. The summed E-state index contributed by atoms with van der Waals surface area (Å²) in [6.45, 7) is 6.64. The van der Waals surface area contributed by atoms with Gasteiger partial charge in [-0.2, -0.15) is 0 Å². The Morgan fingerprint density at radius 3 is 2.47 bits per heavy atom. The van der Waals surface area contributed by atoms with Crippen LogP contribution in [0.15, 0.2) is 0 Å². The molecule has 1 rings (SSSR count). The summed E-state index contributed by atoms with van der Waals surface area (Å²) < 4.78 is 22.7. The van der Waals surface area contributed by atoms with E-state index in [0.717, 1.165) is 18.0 Å². The summed E-state index contributed by atoms with van der Waals surface area (Å²) in [5.41, 5.74) is 0. The molecule has 0 saturated heterocycles. The van der Waals surface area contributed by atoms with E-state index in [1.165, 1.54) is 17.6 Å². The third-order valence-electron chi connectivity index (χ3n) is 2.36. The van der Waals surface area contributed by atoms with Gasteiger partial charge in [-0.3, -0.25) is 0 Å². The Morgan fingerprint density at radius 2 is 1.94 bits per heavy atom. The maximum atomic E-state index is 11.4. The number of aromatic nitrogens is 2. The minimum Gasteiger partial charge on any atom is -0.314 e. The Bertz CT molecular complexity index is 454. The summed E-state index contributed by atoms with van der Waals surface area (Å²) in [7, 11) is -3.08. The maximum Gasteiger partial charge on any atom is 0.156 e. The van der Waals surface area contributed by atoms with Crippen molar-refractivity contribution in [2.45, 2.75) is 38.5 Å². The molecule has 0 spiro atoms. The monoisotopic (exact) mass is 277 g/mol. The molecule has 0 radical (unpaired) electrons. The summed E-state index contributed by atoms with van der Waals surface area (Å²) in [4.78, 5) is 0. The van der Waals surface area contributed by atoms with Gasteiger partial charge in [0.1, 0.15) is 15.3 Å². The minimum absolute atomic E-state index is 0.442. The number of hydrogen-bond acceptors (Lipinski definition) is 6. The first-order valence-corrected chi connectivity index (χ1v) is 8.32. The first-order chi connectivity index (χ1) is 7.80. The zero-order chi connectivity index (χ0) is 13.1. The van der Waals surface area contributed by atoms with Crippen LogP contribution in [0.5, 0.6) is 0 Å². The number of nitrogens with zero attached hydrogens (tertiary/aromatic N) is 2. The molecule has 0 fully saturated rings. The van der Waals surface area contributed by atoms with Crippen molar-refractivity contribution in [2.75, 3.05) is 12.8 Å². The van der Waals surface area contributed by atoms with Crippen LogP contribution in [0.1, 0.15) is 36.0 Å². The van der Waals surface area contributed by atoms with Crippen LogP contribution < -0.4 is 5.32 Å². The molecule has 0 aliphatic carbocycles. The Morgan fingerprint density at radius 1 is 1.29 bits per heavy atom. The van der Waals surface area contributed by atoms with Crippen molar-refractivity contribution in [3.8, 4) is 0 Å². The number of sulfone groups is 1. The van der Waals surface area contributed by atoms with E-state index in [2.05, 4.69) is 29.4 Å². The van der Waals surface area contributed by atoms with E-state index in [1.807, 2.05) is 0 Å². The Hall–Kier alpha value is -0.530. The molecule has 1 heterocycles. The fraction of sp³-hybridized carbons (Fsp3) is 0.800. The highest BCUT2D eigenvalue weighted by atomic mass is 32.2.